The molecule has 2 rings (SSSR count). The number of carbonyl (C=O) groups excluding carboxylic acids is 1. The van der Waals surface area contributed by atoms with E-state index < -0.39 is 17.7 Å². The predicted molar refractivity (Wildman–Crippen MR) is 73.8 cm³/mol. The van der Waals surface area contributed by atoms with Crippen LogP contribution in [0.5, 0.6) is 0 Å². The van der Waals surface area contributed by atoms with Crippen molar-refractivity contribution in [1.82, 2.24) is 5.32 Å². The number of aromatic carboxylic acids is 1. The molecule has 1 fully saturated rings. The lowest BCUT2D eigenvalue weighted by Gasteiger charge is -2.22. The summed E-state index contributed by atoms with van der Waals surface area (Å²) in [5, 5.41) is 14.5. The summed E-state index contributed by atoms with van der Waals surface area (Å²) < 4.78 is 18.6. The monoisotopic (exact) mass is 296 g/mol. The molecular weight excluding hydrogens is 279 g/mol. The number of nitrogens with one attached hydrogen (secondary N) is 2. The van der Waals surface area contributed by atoms with Gasteiger partial charge in [0.25, 0.3) is 0 Å². The first-order valence-electron chi connectivity index (χ1n) is 6.71. The Morgan fingerprint density at radius 2 is 2.10 bits per heavy atom. The second-order valence-corrected chi connectivity index (χ2v) is 4.80. The van der Waals surface area contributed by atoms with Crippen LogP contribution in [0.4, 0.5) is 10.1 Å². The molecule has 1 amide bonds. The Labute approximate surface area is 121 Å². The molecule has 1 aromatic carbocycles. The van der Waals surface area contributed by atoms with Gasteiger partial charge in [-0.15, -0.1) is 0 Å². The van der Waals surface area contributed by atoms with Gasteiger partial charge in [-0.2, -0.15) is 0 Å². The molecule has 0 atom stereocenters. The number of carboxylic acid groups (broad SMARTS) is 1. The minimum Gasteiger partial charge on any atom is -0.478 e. The summed E-state index contributed by atoms with van der Waals surface area (Å²) in [5.74, 6) is -2.35. The van der Waals surface area contributed by atoms with Crippen LogP contribution < -0.4 is 10.6 Å². The smallest absolute Gasteiger partial charge is 0.337 e. The van der Waals surface area contributed by atoms with Gasteiger partial charge in [0.1, 0.15) is 12.4 Å². The molecule has 0 aromatic heterocycles. The van der Waals surface area contributed by atoms with Crippen LogP contribution in [0.1, 0.15) is 23.2 Å². The Kier molecular flexibility index (Phi) is 5.24. The summed E-state index contributed by atoms with van der Waals surface area (Å²) in [6.45, 7) is 1.51. The van der Waals surface area contributed by atoms with Gasteiger partial charge in [0, 0.05) is 0 Å². The summed E-state index contributed by atoms with van der Waals surface area (Å²) in [6.07, 6.45) is 1.67. The largest absolute Gasteiger partial charge is 0.478 e. The van der Waals surface area contributed by atoms with Crippen molar-refractivity contribution in [2.75, 3.05) is 25.0 Å². The van der Waals surface area contributed by atoms with Crippen molar-refractivity contribution >= 4 is 17.6 Å². The van der Waals surface area contributed by atoms with Crippen LogP contribution in [0, 0.1) is 5.82 Å². The van der Waals surface area contributed by atoms with Gasteiger partial charge in [0.05, 0.1) is 17.4 Å². The maximum Gasteiger partial charge on any atom is 0.337 e. The number of carboxylic acids is 1. The third-order valence-corrected chi connectivity index (χ3v) is 3.22. The minimum absolute atomic E-state index is 0.0171. The maximum atomic E-state index is 13.2. The molecule has 0 unspecified atom stereocenters. The van der Waals surface area contributed by atoms with E-state index in [4.69, 9.17) is 9.84 Å². The number of benzene rings is 1. The number of piperidine rings is 1. The molecule has 0 aliphatic carbocycles. The summed E-state index contributed by atoms with van der Waals surface area (Å²) >= 11 is 0. The lowest BCUT2D eigenvalue weighted by Crippen LogP contribution is -2.34. The number of hydrogen-bond donors (Lipinski definition) is 3. The molecule has 1 aliphatic heterocycles. The molecular formula is C14H17FN2O4. The van der Waals surface area contributed by atoms with Gasteiger partial charge < -0.3 is 20.5 Å². The second kappa shape index (κ2) is 7.14. The van der Waals surface area contributed by atoms with E-state index in [9.17, 15) is 14.0 Å². The Balaban J connectivity index is 1.92. The number of ether oxygens (including phenoxy) is 1. The highest BCUT2D eigenvalue weighted by atomic mass is 19.1. The zero-order valence-corrected chi connectivity index (χ0v) is 11.4. The Morgan fingerprint density at radius 1 is 1.38 bits per heavy atom. The number of carbonyl (C=O) groups is 2. The molecule has 3 N–H and O–H groups in total. The molecule has 0 bridgehead atoms. The fourth-order valence-electron chi connectivity index (χ4n) is 2.15. The van der Waals surface area contributed by atoms with Gasteiger partial charge >= 0.3 is 5.97 Å². The van der Waals surface area contributed by atoms with Gasteiger partial charge in [-0.05, 0) is 44.1 Å². The van der Waals surface area contributed by atoms with Gasteiger partial charge in [-0.3, -0.25) is 4.79 Å². The fourth-order valence-corrected chi connectivity index (χ4v) is 2.15. The van der Waals surface area contributed by atoms with Gasteiger partial charge in [0.2, 0.25) is 5.91 Å². The number of anilines is 1. The molecule has 0 spiro atoms. The third kappa shape index (κ3) is 4.51. The molecule has 1 aromatic rings. The molecule has 6 nitrogen and oxygen atoms in total. The highest BCUT2D eigenvalue weighted by Crippen LogP contribution is 2.17. The van der Waals surface area contributed by atoms with Crippen molar-refractivity contribution in [2.24, 2.45) is 0 Å². The van der Waals surface area contributed by atoms with E-state index in [0.29, 0.717) is 0 Å². The normalized spacial score (nSPS) is 15.7. The van der Waals surface area contributed by atoms with Crippen LogP contribution >= 0.6 is 0 Å². The fraction of sp³-hybridized carbons (Fsp3) is 0.429. The van der Waals surface area contributed by atoms with Gasteiger partial charge in [-0.1, -0.05) is 0 Å². The summed E-state index contributed by atoms with van der Waals surface area (Å²) in [6, 6.07) is 3.12. The molecule has 0 radical (unpaired) electrons. The number of rotatable bonds is 5. The van der Waals surface area contributed by atoms with Crippen LogP contribution in [0.2, 0.25) is 0 Å². The molecule has 114 valence electrons. The van der Waals surface area contributed by atoms with Crippen LogP contribution in [0.15, 0.2) is 18.2 Å². The van der Waals surface area contributed by atoms with Crippen molar-refractivity contribution < 1.29 is 23.8 Å². The van der Waals surface area contributed by atoms with E-state index in [1.165, 1.54) is 0 Å². The van der Waals surface area contributed by atoms with Crippen molar-refractivity contribution in [3.05, 3.63) is 29.6 Å². The average Bonchev–Trinajstić information content (AvgIpc) is 2.46. The molecule has 0 saturated carbocycles. The molecule has 1 aliphatic rings. The van der Waals surface area contributed by atoms with Crippen molar-refractivity contribution in [1.29, 1.82) is 0 Å². The average molecular weight is 296 g/mol. The highest BCUT2D eigenvalue weighted by Gasteiger charge is 2.17. The van der Waals surface area contributed by atoms with Crippen molar-refractivity contribution in [2.45, 2.75) is 18.9 Å². The molecule has 7 heteroatoms. The Hall–Kier alpha value is -1.99. The first-order chi connectivity index (χ1) is 10.1. The predicted octanol–water partition coefficient (Wildman–Crippen LogP) is 1.23. The van der Waals surface area contributed by atoms with E-state index in [1.807, 2.05) is 0 Å². The van der Waals surface area contributed by atoms with E-state index in [-0.39, 0.29) is 24.0 Å². The quantitative estimate of drug-likeness (QED) is 0.760. The number of amides is 1. The first-order valence-corrected chi connectivity index (χ1v) is 6.71. The highest BCUT2D eigenvalue weighted by molar-refractivity contribution is 6.00. The maximum absolute atomic E-state index is 13.2. The van der Waals surface area contributed by atoms with E-state index >= 15 is 0 Å². The molecule has 21 heavy (non-hydrogen) atoms. The van der Waals surface area contributed by atoms with E-state index in [1.54, 1.807) is 0 Å². The van der Waals surface area contributed by atoms with Crippen LogP contribution in [0.25, 0.3) is 0 Å². The summed E-state index contributed by atoms with van der Waals surface area (Å²) in [5.41, 5.74) is -0.229. The van der Waals surface area contributed by atoms with Crippen molar-refractivity contribution in [3.8, 4) is 0 Å². The lowest BCUT2D eigenvalue weighted by atomic mass is 10.1. The Morgan fingerprint density at radius 3 is 2.76 bits per heavy atom. The summed E-state index contributed by atoms with van der Waals surface area (Å²) in [4.78, 5) is 22.8. The minimum atomic E-state index is -1.23. The summed E-state index contributed by atoms with van der Waals surface area (Å²) in [7, 11) is 0. The van der Waals surface area contributed by atoms with Crippen LogP contribution in [-0.2, 0) is 9.53 Å². The number of halogens is 1. The second-order valence-electron chi connectivity index (χ2n) is 4.80. The topological polar surface area (TPSA) is 87.7 Å². The van der Waals surface area contributed by atoms with Gasteiger partial charge in [-0.25, -0.2) is 9.18 Å². The van der Waals surface area contributed by atoms with Crippen LogP contribution in [-0.4, -0.2) is 42.8 Å². The lowest BCUT2D eigenvalue weighted by molar-refractivity contribution is -0.123. The third-order valence-electron chi connectivity index (χ3n) is 3.22. The van der Waals surface area contributed by atoms with Gasteiger partial charge in [0.15, 0.2) is 0 Å². The molecule has 1 heterocycles. The first kappa shape index (κ1) is 15.4. The van der Waals surface area contributed by atoms with Crippen molar-refractivity contribution in [3.63, 3.8) is 0 Å². The zero-order valence-electron chi connectivity index (χ0n) is 11.4. The zero-order chi connectivity index (χ0) is 15.2. The standard InChI is InChI=1S/C14H17FN2O4/c15-9-1-2-11(14(19)20)12(7-9)17-13(18)8-21-10-3-5-16-6-4-10/h1-2,7,10,16H,3-6,8H2,(H,17,18)(H,19,20). The SMILES string of the molecule is O=C(COC1CCNCC1)Nc1cc(F)ccc1C(=O)O. The van der Waals surface area contributed by atoms with E-state index in [2.05, 4.69) is 10.6 Å². The van der Waals surface area contributed by atoms with E-state index in [0.717, 1.165) is 44.1 Å². The van der Waals surface area contributed by atoms with Crippen LogP contribution in [0.3, 0.4) is 0 Å². The Bertz CT molecular complexity index is 530. The number of hydrogen-bond acceptors (Lipinski definition) is 4. The molecule has 1 saturated heterocycles.